The number of ether oxygens (including phenoxy) is 1. The summed E-state index contributed by atoms with van der Waals surface area (Å²) in [4.78, 5) is 21.7. The Morgan fingerprint density at radius 1 is 1.23 bits per heavy atom. The SMILES string of the molecule is CC(C)n1c(=O)c2c(C3=NCCO3)ncn2c2ccccc21. The summed E-state index contributed by atoms with van der Waals surface area (Å²) in [6, 6.07) is 7.90. The van der Waals surface area contributed by atoms with E-state index in [4.69, 9.17) is 4.74 Å². The van der Waals surface area contributed by atoms with E-state index in [0.29, 0.717) is 30.3 Å². The van der Waals surface area contributed by atoms with Crippen LogP contribution in [-0.2, 0) is 4.74 Å². The number of hydrogen-bond acceptors (Lipinski definition) is 4. The first-order valence-electron chi connectivity index (χ1n) is 7.36. The van der Waals surface area contributed by atoms with E-state index in [1.54, 1.807) is 10.9 Å². The summed E-state index contributed by atoms with van der Waals surface area (Å²) in [5.74, 6) is 0.463. The number of fused-ring (bicyclic) bond motifs is 3. The summed E-state index contributed by atoms with van der Waals surface area (Å²) in [6.45, 7) is 5.16. The summed E-state index contributed by atoms with van der Waals surface area (Å²) >= 11 is 0. The van der Waals surface area contributed by atoms with Crippen LogP contribution in [0.25, 0.3) is 16.6 Å². The van der Waals surface area contributed by atoms with Crippen molar-refractivity contribution in [3.05, 3.63) is 46.6 Å². The Bertz CT molecular complexity index is 965. The minimum absolute atomic E-state index is 0.0524. The van der Waals surface area contributed by atoms with Crippen LogP contribution in [0.15, 0.2) is 40.4 Å². The van der Waals surface area contributed by atoms with E-state index in [2.05, 4.69) is 9.98 Å². The highest BCUT2D eigenvalue weighted by Gasteiger charge is 2.22. The lowest BCUT2D eigenvalue weighted by Crippen LogP contribution is -2.25. The van der Waals surface area contributed by atoms with Crippen molar-refractivity contribution in [2.24, 2.45) is 4.99 Å². The third-order valence-electron chi connectivity index (χ3n) is 3.89. The van der Waals surface area contributed by atoms with Gasteiger partial charge in [-0.1, -0.05) is 12.1 Å². The summed E-state index contributed by atoms with van der Waals surface area (Å²) in [6.07, 6.45) is 1.67. The van der Waals surface area contributed by atoms with Gasteiger partial charge in [0.05, 0.1) is 17.6 Å². The predicted molar refractivity (Wildman–Crippen MR) is 84.7 cm³/mol. The Labute approximate surface area is 126 Å². The van der Waals surface area contributed by atoms with Gasteiger partial charge >= 0.3 is 0 Å². The van der Waals surface area contributed by atoms with Gasteiger partial charge in [0.25, 0.3) is 5.56 Å². The number of aliphatic imine (C=N–C) groups is 1. The molecule has 1 aromatic carbocycles. The van der Waals surface area contributed by atoms with Crippen LogP contribution in [-0.4, -0.2) is 33.0 Å². The van der Waals surface area contributed by atoms with Crippen molar-refractivity contribution in [3.8, 4) is 0 Å². The minimum atomic E-state index is -0.0700. The van der Waals surface area contributed by atoms with Crippen molar-refractivity contribution < 1.29 is 4.74 Å². The molecule has 0 spiro atoms. The van der Waals surface area contributed by atoms with Gasteiger partial charge < -0.3 is 9.30 Å². The van der Waals surface area contributed by atoms with Gasteiger partial charge in [-0.2, -0.15) is 0 Å². The normalized spacial score (nSPS) is 14.8. The van der Waals surface area contributed by atoms with Gasteiger partial charge in [0.2, 0.25) is 5.90 Å². The van der Waals surface area contributed by atoms with Crippen LogP contribution in [0.3, 0.4) is 0 Å². The van der Waals surface area contributed by atoms with E-state index in [1.165, 1.54) is 0 Å². The van der Waals surface area contributed by atoms with Gasteiger partial charge in [0, 0.05) is 6.04 Å². The summed E-state index contributed by atoms with van der Waals surface area (Å²) < 4.78 is 9.13. The van der Waals surface area contributed by atoms with Crippen molar-refractivity contribution in [3.63, 3.8) is 0 Å². The molecule has 1 aliphatic heterocycles. The van der Waals surface area contributed by atoms with Gasteiger partial charge in [-0.3, -0.25) is 9.20 Å². The number of hydrogen-bond donors (Lipinski definition) is 0. The fourth-order valence-electron chi connectivity index (χ4n) is 2.98. The van der Waals surface area contributed by atoms with E-state index in [9.17, 15) is 4.79 Å². The molecule has 0 bridgehead atoms. The van der Waals surface area contributed by atoms with Crippen molar-refractivity contribution in [2.75, 3.05) is 13.2 Å². The lowest BCUT2D eigenvalue weighted by molar-refractivity contribution is 0.348. The molecule has 0 N–H and O–H groups in total. The lowest BCUT2D eigenvalue weighted by Gasteiger charge is -2.15. The Morgan fingerprint density at radius 2 is 2.00 bits per heavy atom. The predicted octanol–water partition coefficient (Wildman–Crippen LogP) is 2.01. The number of nitrogens with zero attached hydrogens (tertiary/aromatic N) is 4. The Hall–Kier alpha value is -2.63. The molecule has 0 fully saturated rings. The molecule has 0 saturated carbocycles. The third-order valence-corrected chi connectivity index (χ3v) is 3.89. The summed E-state index contributed by atoms with van der Waals surface area (Å²) in [5, 5.41) is 0. The minimum Gasteiger partial charge on any atom is -0.474 e. The van der Waals surface area contributed by atoms with Crippen LogP contribution in [0.2, 0.25) is 0 Å². The van der Waals surface area contributed by atoms with Crippen LogP contribution < -0.4 is 5.56 Å². The van der Waals surface area contributed by atoms with E-state index in [-0.39, 0.29) is 11.6 Å². The van der Waals surface area contributed by atoms with Crippen LogP contribution in [0.4, 0.5) is 0 Å². The van der Waals surface area contributed by atoms with Crippen LogP contribution in [0, 0.1) is 0 Å². The molecule has 0 amide bonds. The molecule has 6 nitrogen and oxygen atoms in total. The number of imidazole rings is 1. The van der Waals surface area contributed by atoms with Gasteiger partial charge in [0.15, 0.2) is 5.69 Å². The van der Waals surface area contributed by atoms with Crippen molar-refractivity contribution in [2.45, 2.75) is 19.9 Å². The molecule has 0 atom stereocenters. The third kappa shape index (κ3) is 1.70. The maximum Gasteiger partial charge on any atom is 0.278 e. The zero-order valence-electron chi connectivity index (χ0n) is 12.5. The van der Waals surface area contributed by atoms with E-state index < -0.39 is 0 Å². The molecule has 4 rings (SSSR count). The molecule has 6 heteroatoms. The molecular formula is C16H16N4O2. The second-order valence-electron chi connectivity index (χ2n) is 5.60. The molecule has 2 aromatic heterocycles. The fourth-order valence-corrected chi connectivity index (χ4v) is 2.98. The zero-order chi connectivity index (χ0) is 15.3. The smallest absolute Gasteiger partial charge is 0.278 e. The Kier molecular flexibility index (Phi) is 2.79. The molecule has 0 saturated heterocycles. The first-order valence-corrected chi connectivity index (χ1v) is 7.36. The Morgan fingerprint density at radius 3 is 2.68 bits per heavy atom. The zero-order valence-corrected chi connectivity index (χ0v) is 12.5. The van der Waals surface area contributed by atoms with Crippen molar-refractivity contribution in [1.82, 2.24) is 14.0 Å². The molecule has 112 valence electrons. The average molecular weight is 296 g/mol. The number of benzene rings is 1. The van der Waals surface area contributed by atoms with Crippen molar-refractivity contribution in [1.29, 1.82) is 0 Å². The highest BCUT2D eigenvalue weighted by molar-refractivity contribution is 6.00. The second-order valence-corrected chi connectivity index (χ2v) is 5.60. The molecular weight excluding hydrogens is 280 g/mol. The first kappa shape index (κ1) is 13.1. The largest absolute Gasteiger partial charge is 0.474 e. The van der Waals surface area contributed by atoms with Gasteiger partial charge in [-0.15, -0.1) is 0 Å². The molecule has 0 radical (unpaired) electrons. The summed E-state index contributed by atoms with van der Waals surface area (Å²) in [7, 11) is 0. The average Bonchev–Trinajstić information content (AvgIpc) is 3.16. The highest BCUT2D eigenvalue weighted by Crippen LogP contribution is 2.20. The molecule has 0 aliphatic carbocycles. The van der Waals surface area contributed by atoms with Crippen LogP contribution in [0.1, 0.15) is 25.6 Å². The first-order chi connectivity index (χ1) is 10.7. The maximum atomic E-state index is 13.0. The van der Waals surface area contributed by atoms with Gasteiger partial charge in [0.1, 0.15) is 18.5 Å². The molecule has 1 aliphatic rings. The van der Waals surface area contributed by atoms with Crippen LogP contribution >= 0.6 is 0 Å². The molecule has 3 heterocycles. The summed E-state index contributed by atoms with van der Waals surface area (Å²) in [5.41, 5.74) is 2.83. The van der Waals surface area contributed by atoms with Gasteiger partial charge in [-0.25, -0.2) is 9.98 Å². The Balaban J connectivity index is 2.19. The van der Waals surface area contributed by atoms with Gasteiger partial charge in [-0.05, 0) is 26.0 Å². The van der Waals surface area contributed by atoms with Crippen LogP contribution in [0.5, 0.6) is 0 Å². The fraction of sp³-hybridized carbons (Fsp3) is 0.312. The second kappa shape index (κ2) is 4.69. The monoisotopic (exact) mass is 296 g/mol. The highest BCUT2D eigenvalue weighted by atomic mass is 16.5. The van der Waals surface area contributed by atoms with E-state index in [0.717, 1.165) is 11.0 Å². The van der Waals surface area contributed by atoms with E-state index in [1.807, 2.05) is 42.5 Å². The lowest BCUT2D eigenvalue weighted by atomic mass is 10.2. The standard InChI is InChI=1S/C16H16N4O2/c1-10(2)20-12-6-4-3-5-11(12)19-9-18-13(14(19)16(20)21)15-17-7-8-22-15/h3-6,9-10H,7-8H2,1-2H3. The van der Waals surface area contributed by atoms with Crippen molar-refractivity contribution >= 4 is 22.4 Å². The quantitative estimate of drug-likeness (QED) is 0.726. The molecule has 3 aromatic rings. The topological polar surface area (TPSA) is 60.9 Å². The molecule has 22 heavy (non-hydrogen) atoms. The molecule has 0 unspecified atom stereocenters. The number of rotatable bonds is 2. The maximum absolute atomic E-state index is 13.0. The number of para-hydroxylation sites is 2. The number of aromatic nitrogens is 3. The van der Waals surface area contributed by atoms with E-state index >= 15 is 0 Å².